The first-order valence-electron chi connectivity index (χ1n) is 7.64. The van der Waals surface area contributed by atoms with E-state index in [-0.39, 0.29) is 5.91 Å². The summed E-state index contributed by atoms with van der Waals surface area (Å²) in [4.78, 5) is 16.3. The zero-order chi connectivity index (χ0) is 17.5. The molecule has 2 aromatic carbocycles. The maximum absolute atomic E-state index is 12.0. The standard InChI is InChI=1S/C18H17N3O3S/c1-23-15-9-7-14(8-10-15)19-16(22)11-25-12-17-20-18(21-24-17)13-5-3-2-4-6-13/h2-10H,11-12H2,1H3,(H,19,22). The van der Waals surface area contributed by atoms with E-state index in [0.717, 1.165) is 17.0 Å². The molecule has 3 aromatic rings. The van der Waals surface area contributed by atoms with Crippen molar-refractivity contribution in [2.75, 3.05) is 18.2 Å². The van der Waals surface area contributed by atoms with Crippen LogP contribution in [0, 0.1) is 0 Å². The predicted molar refractivity (Wildman–Crippen MR) is 97.5 cm³/mol. The Kier molecular flexibility index (Phi) is 5.69. The summed E-state index contributed by atoms with van der Waals surface area (Å²) in [7, 11) is 1.60. The van der Waals surface area contributed by atoms with Gasteiger partial charge < -0.3 is 14.6 Å². The third kappa shape index (κ3) is 4.84. The number of carbonyl (C=O) groups is 1. The Hall–Kier alpha value is -2.80. The van der Waals surface area contributed by atoms with Crippen molar-refractivity contribution in [3.8, 4) is 17.1 Å². The van der Waals surface area contributed by atoms with Crippen LogP contribution >= 0.6 is 11.8 Å². The molecular weight excluding hydrogens is 338 g/mol. The van der Waals surface area contributed by atoms with Crippen LogP contribution in [0.5, 0.6) is 5.75 Å². The molecule has 7 heteroatoms. The first-order valence-corrected chi connectivity index (χ1v) is 8.80. The van der Waals surface area contributed by atoms with Crippen molar-refractivity contribution in [2.24, 2.45) is 0 Å². The van der Waals surface area contributed by atoms with Crippen LogP contribution in [-0.4, -0.2) is 28.9 Å². The van der Waals surface area contributed by atoms with Gasteiger partial charge in [-0.05, 0) is 24.3 Å². The molecule has 6 nitrogen and oxygen atoms in total. The quantitative estimate of drug-likeness (QED) is 0.697. The zero-order valence-corrected chi connectivity index (χ0v) is 14.5. The SMILES string of the molecule is COc1ccc(NC(=O)CSCc2nc(-c3ccccc3)no2)cc1. The highest BCUT2D eigenvalue weighted by Gasteiger charge is 2.09. The summed E-state index contributed by atoms with van der Waals surface area (Å²) >= 11 is 1.42. The van der Waals surface area contributed by atoms with Gasteiger partial charge in [0.1, 0.15) is 5.75 Å². The van der Waals surface area contributed by atoms with E-state index < -0.39 is 0 Å². The molecule has 25 heavy (non-hydrogen) atoms. The molecule has 1 aromatic heterocycles. The van der Waals surface area contributed by atoms with Crippen LogP contribution in [0.1, 0.15) is 5.89 Å². The fourth-order valence-corrected chi connectivity index (χ4v) is 2.77. The van der Waals surface area contributed by atoms with Gasteiger partial charge in [0.2, 0.25) is 17.6 Å². The summed E-state index contributed by atoms with van der Waals surface area (Å²) in [6, 6.07) is 16.8. The molecule has 0 saturated carbocycles. The number of thioether (sulfide) groups is 1. The number of hydrogen-bond donors (Lipinski definition) is 1. The van der Waals surface area contributed by atoms with Crippen LogP contribution in [0.4, 0.5) is 5.69 Å². The minimum atomic E-state index is -0.0852. The van der Waals surface area contributed by atoms with Gasteiger partial charge in [-0.3, -0.25) is 4.79 Å². The van der Waals surface area contributed by atoms with Gasteiger partial charge in [-0.15, -0.1) is 11.8 Å². The lowest BCUT2D eigenvalue weighted by Crippen LogP contribution is -2.14. The van der Waals surface area contributed by atoms with Gasteiger partial charge in [0.15, 0.2) is 0 Å². The molecule has 0 aliphatic rings. The average molecular weight is 355 g/mol. The van der Waals surface area contributed by atoms with Crippen LogP contribution in [0.15, 0.2) is 59.1 Å². The van der Waals surface area contributed by atoms with Crippen molar-refractivity contribution in [1.82, 2.24) is 10.1 Å². The maximum Gasteiger partial charge on any atom is 0.236 e. The average Bonchev–Trinajstić information content (AvgIpc) is 3.12. The van der Waals surface area contributed by atoms with Gasteiger partial charge in [0.25, 0.3) is 0 Å². The number of rotatable bonds is 7. The molecule has 3 rings (SSSR count). The summed E-state index contributed by atoms with van der Waals surface area (Å²) in [6.45, 7) is 0. The van der Waals surface area contributed by atoms with Gasteiger partial charge in [-0.2, -0.15) is 4.98 Å². The number of ether oxygens (including phenoxy) is 1. The highest BCUT2D eigenvalue weighted by Crippen LogP contribution is 2.18. The summed E-state index contributed by atoms with van der Waals surface area (Å²) in [5, 5.41) is 6.78. The lowest BCUT2D eigenvalue weighted by atomic mass is 10.2. The van der Waals surface area contributed by atoms with Crippen LogP contribution in [0.2, 0.25) is 0 Å². The maximum atomic E-state index is 12.0. The minimum absolute atomic E-state index is 0.0852. The van der Waals surface area contributed by atoms with Gasteiger partial charge in [-0.25, -0.2) is 0 Å². The number of hydrogen-bond acceptors (Lipinski definition) is 6. The Morgan fingerprint density at radius 2 is 1.92 bits per heavy atom. The number of nitrogens with one attached hydrogen (secondary N) is 1. The van der Waals surface area contributed by atoms with Crippen molar-refractivity contribution in [1.29, 1.82) is 0 Å². The fraction of sp³-hybridized carbons (Fsp3) is 0.167. The number of amides is 1. The fourth-order valence-electron chi connectivity index (χ4n) is 2.12. The molecule has 0 aliphatic heterocycles. The normalized spacial score (nSPS) is 10.4. The molecule has 0 spiro atoms. The highest BCUT2D eigenvalue weighted by atomic mass is 32.2. The summed E-state index contributed by atoms with van der Waals surface area (Å²) in [5.41, 5.74) is 1.63. The second kappa shape index (κ2) is 8.34. The number of anilines is 1. The largest absolute Gasteiger partial charge is 0.497 e. The van der Waals surface area contributed by atoms with Crippen LogP contribution in [-0.2, 0) is 10.5 Å². The molecule has 0 unspecified atom stereocenters. The van der Waals surface area contributed by atoms with Gasteiger partial charge in [0.05, 0.1) is 18.6 Å². The first kappa shape index (κ1) is 17.0. The summed E-state index contributed by atoms with van der Waals surface area (Å²) in [6.07, 6.45) is 0. The molecule has 128 valence electrons. The third-order valence-electron chi connectivity index (χ3n) is 3.33. The molecule has 0 bridgehead atoms. The second-order valence-electron chi connectivity index (χ2n) is 5.15. The van der Waals surface area contributed by atoms with Gasteiger partial charge >= 0.3 is 0 Å². The zero-order valence-electron chi connectivity index (χ0n) is 13.6. The van der Waals surface area contributed by atoms with Crippen molar-refractivity contribution in [3.63, 3.8) is 0 Å². The second-order valence-corrected chi connectivity index (χ2v) is 6.13. The molecule has 0 fully saturated rings. The number of nitrogens with zero attached hydrogens (tertiary/aromatic N) is 2. The number of aromatic nitrogens is 2. The van der Waals surface area contributed by atoms with Crippen LogP contribution in [0.3, 0.4) is 0 Å². The van der Waals surface area contributed by atoms with Crippen molar-refractivity contribution in [2.45, 2.75) is 5.75 Å². The third-order valence-corrected chi connectivity index (χ3v) is 4.25. The monoisotopic (exact) mass is 355 g/mol. The van der Waals surface area contributed by atoms with Crippen molar-refractivity contribution < 1.29 is 14.1 Å². The van der Waals surface area contributed by atoms with E-state index in [1.165, 1.54) is 11.8 Å². The molecule has 1 amide bonds. The van der Waals surface area contributed by atoms with E-state index in [9.17, 15) is 4.79 Å². The van der Waals surface area contributed by atoms with E-state index >= 15 is 0 Å². The molecule has 0 radical (unpaired) electrons. The van der Waals surface area contributed by atoms with Crippen molar-refractivity contribution >= 4 is 23.4 Å². The van der Waals surface area contributed by atoms with Crippen molar-refractivity contribution in [3.05, 3.63) is 60.5 Å². The molecule has 0 aliphatic carbocycles. The first-order chi connectivity index (χ1) is 12.2. The molecular formula is C18H17N3O3S. The van der Waals surface area contributed by atoms with Crippen LogP contribution < -0.4 is 10.1 Å². The topological polar surface area (TPSA) is 77.2 Å². The Morgan fingerprint density at radius 1 is 1.16 bits per heavy atom. The number of methoxy groups -OCH3 is 1. The van der Waals surface area contributed by atoms with E-state index in [1.54, 1.807) is 31.4 Å². The predicted octanol–water partition coefficient (Wildman–Crippen LogP) is 3.62. The van der Waals surface area contributed by atoms with Gasteiger partial charge in [-0.1, -0.05) is 35.5 Å². The Labute approximate surface area is 149 Å². The highest BCUT2D eigenvalue weighted by molar-refractivity contribution is 7.99. The Morgan fingerprint density at radius 3 is 2.64 bits per heavy atom. The van der Waals surface area contributed by atoms with E-state index in [2.05, 4.69) is 15.5 Å². The van der Waals surface area contributed by atoms with E-state index in [4.69, 9.17) is 9.26 Å². The molecule has 1 N–H and O–H groups in total. The smallest absolute Gasteiger partial charge is 0.236 e. The Bertz CT molecular complexity index is 819. The Balaban J connectivity index is 1.46. The number of benzene rings is 2. The number of carbonyl (C=O) groups excluding carboxylic acids is 1. The van der Waals surface area contributed by atoms with Crippen LogP contribution in [0.25, 0.3) is 11.4 Å². The summed E-state index contributed by atoms with van der Waals surface area (Å²) in [5.74, 6) is 2.50. The molecule has 0 atom stereocenters. The minimum Gasteiger partial charge on any atom is -0.497 e. The molecule has 1 heterocycles. The molecule has 0 saturated heterocycles. The van der Waals surface area contributed by atoms with E-state index in [0.29, 0.717) is 23.2 Å². The van der Waals surface area contributed by atoms with Gasteiger partial charge in [0, 0.05) is 11.3 Å². The lowest BCUT2D eigenvalue weighted by molar-refractivity contribution is -0.113. The lowest BCUT2D eigenvalue weighted by Gasteiger charge is -2.05. The van der Waals surface area contributed by atoms with E-state index in [1.807, 2.05) is 30.3 Å². The summed E-state index contributed by atoms with van der Waals surface area (Å²) < 4.78 is 10.3.